The van der Waals surface area contributed by atoms with E-state index in [2.05, 4.69) is 20.5 Å². The van der Waals surface area contributed by atoms with Gasteiger partial charge in [-0.3, -0.25) is 19.5 Å². The Balaban J connectivity index is 1.62. The van der Waals surface area contributed by atoms with Gasteiger partial charge in [0.15, 0.2) is 0 Å². The van der Waals surface area contributed by atoms with Crippen LogP contribution in [0, 0.1) is 6.92 Å². The van der Waals surface area contributed by atoms with E-state index in [1.165, 1.54) is 25.7 Å². The number of carbonyl (C=O) groups excluding carboxylic acids is 2. The maximum absolute atomic E-state index is 12.2. The van der Waals surface area contributed by atoms with Gasteiger partial charge in [-0.1, -0.05) is 0 Å². The number of aromatic nitrogens is 1. The van der Waals surface area contributed by atoms with Gasteiger partial charge in [-0.25, -0.2) is 0 Å². The molecule has 1 aliphatic heterocycles. The van der Waals surface area contributed by atoms with Crippen molar-refractivity contribution in [3.8, 4) is 0 Å². The summed E-state index contributed by atoms with van der Waals surface area (Å²) in [7, 11) is 0. The summed E-state index contributed by atoms with van der Waals surface area (Å²) < 4.78 is 0. The molecular formula is C15H20N4O2. The minimum Gasteiger partial charge on any atom is -0.327 e. The molecule has 1 aromatic heterocycles. The van der Waals surface area contributed by atoms with Gasteiger partial charge in [0.25, 0.3) is 0 Å². The van der Waals surface area contributed by atoms with Crippen LogP contribution in [0.15, 0.2) is 12.3 Å². The average molecular weight is 288 g/mol. The molecule has 1 saturated carbocycles. The van der Waals surface area contributed by atoms with Crippen molar-refractivity contribution in [2.45, 2.75) is 38.1 Å². The van der Waals surface area contributed by atoms with Crippen molar-refractivity contribution in [3.05, 3.63) is 18.0 Å². The molecule has 6 nitrogen and oxygen atoms in total. The van der Waals surface area contributed by atoms with Crippen LogP contribution in [0.5, 0.6) is 0 Å². The van der Waals surface area contributed by atoms with Crippen LogP contribution >= 0.6 is 0 Å². The molecule has 2 heterocycles. The second-order valence-corrected chi connectivity index (χ2v) is 5.92. The Morgan fingerprint density at radius 2 is 2.29 bits per heavy atom. The minimum atomic E-state index is -0.0223. The molecule has 0 aromatic carbocycles. The Labute approximate surface area is 123 Å². The maximum atomic E-state index is 12.2. The lowest BCUT2D eigenvalue weighted by molar-refractivity contribution is -0.117. The molecule has 0 unspecified atom stereocenters. The second-order valence-electron chi connectivity index (χ2n) is 5.92. The minimum absolute atomic E-state index is 0.0223. The van der Waals surface area contributed by atoms with Crippen LogP contribution in [0.1, 0.15) is 31.4 Å². The first-order valence-corrected chi connectivity index (χ1v) is 7.35. The molecule has 0 bridgehead atoms. The Hall–Kier alpha value is -1.95. The number of amides is 2. The summed E-state index contributed by atoms with van der Waals surface area (Å²) in [5.74, 6) is -0.0223. The summed E-state index contributed by atoms with van der Waals surface area (Å²) in [5, 5.41) is 5.44. The number of carbonyl (C=O) groups is 2. The van der Waals surface area contributed by atoms with Gasteiger partial charge in [-0.15, -0.1) is 0 Å². The number of nitrogens with zero attached hydrogens (tertiary/aromatic N) is 2. The van der Waals surface area contributed by atoms with Gasteiger partial charge in [-0.05, 0) is 45.2 Å². The van der Waals surface area contributed by atoms with E-state index in [1.54, 1.807) is 19.2 Å². The highest BCUT2D eigenvalue weighted by molar-refractivity contribution is 5.93. The fourth-order valence-electron chi connectivity index (χ4n) is 3.14. The highest BCUT2D eigenvalue weighted by atomic mass is 16.2. The summed E-state index contributed by atoms with van der Waals surface area (Å²) in [5.41, 5.74) is 2.27. The smallest absolute Gasteiger partial charge is 0.238 e. The maximum Gasteiger partial charge on any atom is 0.238 e. The molecule has 0 atom stereocenters. The molecule has 6 heteroatoms. The van der Waals surface area contributed by atoms with Gasteiger partial charge in [0.1, 0.15) is 0 Å². The molecule has 2 fully saturated rings. The zero-order valence-electron chi connectivity index (χ0n) is 12.2. The van der Waals surface area contributed by atoms with Gasteiger partial charge in [0, 0.05) is 5.54 Å². The number of hydrogen-bond donors (Lipinski definition) is 2. The summed E-state index contributed by atoms with van der Waals surface area (Å²) in [4.78, 5) is 29.2. The Morgan fingerprint density at radius 3 is 3.00 bits per heavy atom. The van der Waals surface area contributed by atoms with Gasteiger partial charge in [-0.2, -0.15) is 0 Å². The molecule has 21 heavy (non-hydrogen) atoms. The van der Waals surface area contributed by atoms with Crippen molar-refractivity contribution in [3.63, 3.8) is 0 Å². The SMILES string of the molecule is Cc1ncc(NC(=O)CN2CCCC23CC3)cc1NC=O. The fraction of sp³-hybridized carbons (Fsp3) is 0.533. The van der Waals surface area contributed by atoms with Crippen molar-refractivity contribution in [1.29, 1.82) is 0 Å². The van der Waals surface area contributed by atoms with E-state index in [-0.39, 0.29) is 5.91 Å². The van der Waals surface area contributed by atoms with E-state index in [1.807, 2.05) is 0 Å². The number of anilines is 2. The fourth-order valence-corrected chi connectivity index (χ4v) is 3.14. The number of nitrogens with one attached hydrogen (secondary N) is 2. The lowest BCUT2D eigenvalue weighted by Gasteiger charge is -2.23. The predicted molar refractivity (Wildman–Crippen MR) is 80.1 cm³/mol. The van der Waals surface area contributed by atoms with Crippen LogP contribution in [-0.2, 0) is 9.59 Å². The molecule has 0 radical (unpaired) electrons. The van der Waals surface area contributed by atoms with Crippen molar-refractivity contribution in [1.82, 2.24) is 9.88 Å². The van der Waals surface area contributed by atoms with Crippen molar-refractivity contribution >= 4 is 23.7 Å². The number of hydrogen-bond acceptors (Lipinski definition) is 4. The molecule has 1 aliphatic carbocycles. The van der Waals surface area contributed by atoms with E-state index in [0.29, 0.717) is 29.9 Å². The highest BCUT2D eigenvalue weighted by Gasteiger charge is 2.50. The zero-order chi connectivity index (χ0) is 14.9. The molecule has 2 aliphatic rings. The lowest BCUT2D eigenvalue weighted by Crippen LogP contribution is -2.38. The van der Waals surface area contributed by atoms with Crippen LogP contribution in [0.3, 0.4) is 0 Å². The molecule has 3 rings (SSSR count). The quantitative estimate of drug-likeness (QED) is 0.806. The third kappa shape index (κ3) is 2.90. The largest absolute Gasteiger partial charge is 0.327 e. The summed E-state index contributed by atoms with van der Waals surface area (Å²) >= 11 is 0. The number of likely N-dealkylation sites (tertiary alicyclic amines) is 1. The van der Waals surface area contributed by atoms with Crippen LogP contribution in [0.4, 0.5) is 11.4 Å². The van der Waals surface area contributed by atoms with Crippen molar-refractivity contribution in [2.24, 2.45) is 0 Å². The van der Waals surface area contributed by atoms with E-state index in [4.69, 9.17) is 0 Å². The Bertz CT molecular complexity index is 569. The van der Waals surface area contributed by atoms with Crippen LogP contribution in [0.25, 0.3) is 0 Å². The van der Waals surface area contributed by atoms with E-state index in [9.17, 15) is 9.59 Å². The average Bonchev–Trinajstić information content (AvgIpc) is 3.12. The second kappa shape index (κ2) is 5.44. The third-order valence-electron chi connectivity index (χ3n) is 4.49. The predicted octanol–water partition coefficient (Wildman–Crippen LogP) is 1.53. The first-order chi connectivity index (χ1) is 10.1. The van der Waals surface area contributed by atoms with Crippen LogP contribution in [0.2, 0.25) is 0 Å². The Kier molecular flexibility index (Phi) is 3.63. The van der Waals surface area contributed by atoms with Crippen molar-refractivity contribution in [2.75, 3.05) is 23.7 Å². The zero-order valence-corrected chi connectivity index (χ0v) is 12.2. The van der Waals surface area contributed by atoms with Crippen molar-refractivity contribution < 1.29 is 9.59 Å². The third-order valence-corrected chi connectivity index (χ3v) is 4.49. The molecule has 1 spiro atoms. The summed E-state index contributed by atoms with van der Waals surface area (Å²) in [6.45, 7) is 3.25. The Morgan fingerprint density at radius 1 is 1.48 bits per heavy atom. The molecule has 1 saturated heterocycles. The highest BCUT2D eigenvalue weighted by Crippen LogP contribution is 2.49. The first-order valence-electron chi connectivity index (χ1n) is 7.35. The molecule has 2 N–H and O–H groups in total. The topological polar surface area (TPSA) is 74.3 Å². The lowest BCUT2D eigenvalue weighted by atomic mass is 10.2. The number of aryl methyl sites for hydroxylation is 1. The van der Waals surface area contributed by atoms with E-state index < -0.39 is 0 Å². The van der Waals surface area contributed by atoms with Crippen LogP contribution < -0.4 is 10.6 Å². The monoisotopic (exact) mass is 288 g/mol. The molecule has 112 valence electrons. The normalized spacial score (nSPS) is 19.5. The first kappa shape index (κ1) is 14.0. The van der Waals surface area contributed by atoms with Crippen LogP contribution in [-0.4, -0.2) is 40.8 Å². The van der Waals surface area contributed by atoms with Gasteiger partial charge in [0.2, 0.25) is 12.3 Å². The van der Waals surface area contributed by atoms with Gasteiger partial charge < -0.3 is 10.6 Å². The van der Waals surface area contributed by atoms with E-state index >= 15 is 0 Å². The van der Waals surface area contributed by atoms with Gasteiger partial charge >= 0.3 is 0 Å². The number of pyridine rings is 1. The number of rotatable bonds is 5. The van der Waals surface area contributed by atoms with Gasteiger partial charge in [0.05, 0.1) is 29.8 Å². The van der Waals surface area contributed by atoms with E-state index in [0.717, 1.165) is 12.2 Å². The standard InChI is InChI=1S/C15H20N4O2/c1-11-13(17-10-20)7-12(8-16-11)18-14(21)9-19-6-2-3-15(19)4-5-15/h7-8,10H,2-6,9H2,1H3,(H,17,20)(H,18,21). The summed E-state index contributed by atoms with van der Waals surface area (Å²) in [6.07, 6.45) is 7.07. The molecular weight excluding hydrogens is 268 g/mol. The molecule has 1 aromatic rings. The summed E-state index contributed by atoms with van der Waals surface area (Å²) in [6, 6.07) is 1.73. The molecule has 2 amide bonds.